The van der Waals surface area contributed by atoms with Crippen LogP contribution in [0.1, 0.15) is 6.92 Å². The highest BCUT2D eigenvalue weighted by atomic mass is 16.2. The van der Waals surface area contributed by atoms with E-state index in [1.54, 1.807) is 19.1 Å². The third-order valence-electron chi connectivity index (χ3n) is 2.13. The first kappa shape index (κ1) is 12.0. The van der Waals surface area contributed by atoms with E-state index in [9.17, 15) is 4.79 Å². The largest absolute Gasteiger partial charge is 0.387 e. The normalized spacial score (nSPS) is 11.6. The van der Waals surface area contributed by atoms with Gasteiger partial charge in [0.2, 0.25) is 0 Å². The van der Waals surface area contributed by atoms with E-state index in [4.69, 9.17) is 11.1 Å². The molecular weight excluding hydrogens is 204 g/mol. The second kappa shape index (κ2) is 5.75. The zero-order valence-corrected chi connectivity index (χ0v) is 9.16. The fourth-order valence-electron chi connectivity index (χ4n) is 1.05. The molecule has 0 saturated heterocycles. The predicted octanol–water partition coefficient (Wildman–Crippen LogP) is 1.38. The van der Waals surface area contributed by atoms with Gasteiger partial charge >= 0.3 is 6.03 Å². The topological polar surface area (TPSA) is 91.0 Å². The smallest absolute Gasteiger partial charge is 0.319 e. The average Bonchev–Trinajstić information content (AvgIpc) is 2.27. The van der Waals surface area contributed by atoms with E-state index in [-0.39, 0.29) is 17.8 Å². The predicted molar refractivity (Wildman–Crippen MR) is 64.5 cm³/mol. The van der Waals surface area contributed by atoms with Crippen molar-refractivity contribution in [3.05, 3.63) is 30.3 Å². The fraction of sp³-hybridized carbons (Fsp3) is 0.273. The molecule has 0 heterocycles. The number of amidine groups is 1. The summed E-state index contributed by atoms with van der Waals surface area (Å²) in [6, 6.07) is 8.86. The molecule has 5 heteroatoms. The minimum atomic E-state index is -0.292. The maximum absolute atomic E-state index is 11.4. The molecule has 16 heavy (non-hydrogen) atoms. The first-order chi connectivity index (χ1) is 7.59. The summed E-state index contributed by atoms with van der Waals surface area (Å²) in [4.78, 5) is 11.4. The Morgan fingerprint density at radius 2 is 2.06 bits per heavy atom. The van der Waals surface area contributed by atoms with Crippen molar-refractivity contribution in [1.82, 2.24) is 5.32 Å². The number of anilines is 1. The van der Waals surface area contributed by atoms with E-state index < -0.39 is 0 Å². The molecular formula is C11H16N4O. The molecule has 0 aliphatic carbocycles. The molecule has 0 spiro atoms. The molecule has 0 aromatic heterocycles. The van der Waals surface area contributed by atoms with Crippen molar-refractivity contribution in [3.63, 3.8) is 0 Å². The zero-order chi connectivity index (χ0) is 12.0. The second-order valence-corrected chi connectivity index (χ2v) is 3.56. The quantitative estimate of drug-likeness (QED) is 0.456. The summed E-state index contributed by atoms with van der Waals surface area (Å²) in [5.74, 6) is -0.0819. The lowest BCUT2D eigenvalue weighted by Gasteiger charge is -2.11. The van der Waals surface area contributed by atoms with Crippen LogP contribution in [0, 0.1) is 11.3 Å². The molecule has 1 rings (SSSR count). The second-order valence-electron chi connectivity index (χ2n) is 3.56. The SMILES string of the molecule is CC(CNC(=O)Nc1ccccc1)C(=N)N. The monoisotopic (exact) mass is 220 g/mol. The number of benzene rings is 1. The molecule has 0 saturated carbocycles. The Labute approximate surface area is 94.5 Å². The van der Waals surface area contributed by atoms with Gasteiger partial charge in [0.25, 0.3) is 0 Å². The van der Waals surface area contributed by atoms with Crippen molar-refractivity contribution >= 4 is 17.6 Å². The molecule has 1 atom stereocenters. The Kier molecular flexibility index (Phi) is 4.32. The number of rotatable bonds is 4. The minimum absolute atomic E-state index is 0.0695. The van der Waals surface area contributed by atoms with Gasteiger partial charge < -0.3 is 16.4 Å². The zero-order valence-electron chi connectivity index (χ0n) is 9.16. The third kappa shape index (κ3) is 4.00. The first-order valence-corrected chi connectivity index (χ1v) is 5.03. The maximum atomic E-state index is 11.4. The van der Waals surface area contributed by atoms with Crippen LogP contribution in [0.2, 0.25) is 0 Å². The molecule has 0 bridgehead atoms. The number of amides is 2. The Morgan fingerprint density at radius 3 is 2.62 bits per heavy atom. The highest BCUT2D eigenvalue weighted by Gasteiger charge is 2.07. The molecule has 5 N–H and O–H groups in total. The van der Waals surface area contributed by atoms with E-state index in [0.717, 1.165) is 5.69 Å². The Morgan fingerprint density at radius 1 is 1.44 bits per heavy atom. The lowest BCUT2D eigenvalue weighted by molar-refractivity contribution is 0.251. The van der Waals surface area contributed by atoms with Crippen molar-refractivity contribution < 1.29 is 4.79 Å². The Balaban J connectivity index is 2.35. The van der Waals surface area contributed by atoms with E-state index in [1.807, 2.05) is 18.2 Å². The summed E-state index contributed by atoms with van der Waals surface area (Å²) in [7, 11) is 0. The van der Waals surface area contributed by atoms with Crippen LogP contribution in [-0.2, 0) is 0 Å². The highest BCUT2D eigenvalue weighted by molar-refractivity contribution is 5.89. The van der Waals surface area contributed by atoms with Crippen LogP contribution in [0.5, 0.6) is 0 Å². The number of carbonyl (C=O) groups excluding carboxylic acids is 1. The van der Waals surface area contributed by atoms with Gasteiger partial charge in [-0.1, -0.05) is 25.1 Å². The van der Waals surface area contributed by atoms with E-state index in [2.05, 4.69) is 10.6 Å². The number of urea groups is 1. The van der Waals surface area contributed by atoms with Crippen LogP contribution in [0.4, 0.5) is 10.5 Å². The van der Waals surface area contributed by atoms with Gasteiger partial charge in [-0.25, -0.2) is 4.79 Å². The van der Waals surface area contributed by atoms with Crippen LogP contribution in [0.15, 0.2) is 30.3 Å². The maximum Gasteiger partial charge on any atom is 0.319 e. The summed E-state index contributed by atoms with van der Waals surface area (Å²) in [5, 5.41) is 12.5. The number of para-hydroxylation sites is 1. The van der Waals surface area contributed by atoms with Gasteiger partial charge in [0.05, 0.1) is 5.84 Å². The molecule has 2 amide bonds. The van der Waals surface area contributed by atoms with Crippen molar-refractivity contribution in [2.45, 2.75) is 6.92 Å². The molecule has 86 valence electrons. The van der Waals surface area contributed by atoms with E-state index in [0.29, 0.717) is 6.54 Å². The van der Waals surface area contributed by atoms with Gasteiger partial charge in [-0.2, -0.15) is 0 Å². The van der Waals surface area contributed by atoms with Gasteiger partial charge in [0.15, 0.2) is 0 Å². The molecule has 1 aromatic carbocycles. The molecule has 0 aliphatic rings. The van der Waals surface area contributed by atoms with Crippen molar-refractivity contribution in [1.29, 1.82) is 5.41 Å². The Bertz CT molecular complexity index is 364. The molecule has 1 unspecified atom stereocenters. The molecule has 0 aliphatic heterocycles. The van der Waals surface area contributed by atoms with E-state index >= 15 is 0 Å². The van der Waals surface area contributed by atoms with Gasteiger partial charge in [0.1, 0.15) is 0 Å². The Hall–Kier alpha value is -2.04. The van der Waals surface area contributed by atoms with Gasteiger partial charge in [0, 0.05) is 18.2 Å². The summed E-state index contributed by atoms with van der Waals surface area (Å²) < 4.78 is 0. The average molecular weight is 220 g/mol. The summed E-state index contributed by atoms with van der Waals surface area (Å²) in [6.45, 7) is 2.14. The lowest BCUT2D eigenvalue weighted by Crippen LogP contribution is -2.36. The van der Waals surface area contributed by atoms with Crippen LogP contribution in [-0.4, -0.2) is 18.4 Å². The summed E-state index contributed by atoms with van der Waals surface area (Å²) >= 11 is 0. The lowest BCUT2D eigenvalue weighted by atomic mass is 10.1. The van der Waals surface area contributed by atoms with Gasteiger partial charge in [-0.15, -0.1) is 0 Å². The van der Waals surface area contributed by atoms with Crippen LogP contribution >= 0.6 is 0 Å². The number of nitrogens with two attached hydrogens (primary N) is 1. The minimum Gasteiger partial charge on any atom is -0.387 e. The molecule has 5 nitrogen and oxygen atoms in total. The van der Waals surface area contributed by atoms with E-state index in [1.165, 1.54) is 0 Å². The number of hydrogen-bond donors (Lipinski definition) is 4. The number of hydrogen-bond acceptors (Lipinski definition) is 2. The standard InChI is InChI=1S/C11H16N4O/c1-8(10(12)13)7-14-11(16)15-9-5-3-2-4-6-9/h2-6,8H,7H2,1H3,(H3,12,13)(H2,14,15,16). The molecule has 0 fully saturated rings. The summed E-state index contributed by atoms with van der Waals surface area (Å²) in [5.41, 5.74) is 6.02. The highest BCUT2D eigenvalue weighted by Crippen LogP contribution is 2.04. The number of nitrogens with one attached hydrogen (secondary N) is 3. The molecule has 0 radical (unpaired) electrons. The number of carbonyl (C=O) groups is 1. The van der Waals surface area contributed by atoms with Crippen LogP contribution in [0.3, 0.4) is 0 Å². The van der Waals surface area contributed by atoms with Gasteiger partial charge in [-0.05, 0) is 12.1 Å². The van der Waals surface area contributed by atoms with Crippen LogP contribution in [0.25, 0.3) is 0 Å². The molecule has 1 aromatic rings. The third-order valence-corrected chi connectivity index (χ3v) is 2.13. The van der Waals surface area contributed by atoms with Crippen molar-refractivity contribution in [2.75, 3.05) is 11.9 Å². The van der Waals surface area contributed by atoms with Crippen molar-refractivity contribution in [2.24, 2.45) is 11.7 Å². The van der Waals surface area contributed by atoms with Crippen molar-refractivity contribution in [3.8, 4) is 0 Å². The fourth-order valence-corrected chi connectivity index (χ4v) is 1.05. The van der Waals surface area contributed by atoms with Crippen LogP contribution < -0.4 is 16.4 Å². The first-order valence-electron chi connectivity index (χ1n) is 5.03. The summed E-state index contributed by atoms with van der Waals surface area (Å²) in [6.07, 6.45) is 0. The van der Waals surface area contributed by atoms with Gasteiger partial charge in [-0.3, -0.25) is 5.41 Å².